The monoisotopic (exact) mass is 230 g/mol. The summed E-state index contributed by atoms with van der Waals surface area (Å²) in [4.78, 5) is 22.6. The Morgan fingerprint density at radius 1 is 1.64 bits per heavy atom. The van der Waals surface area contributed by atoms with Crippen LogP contribution >= 0.6 is 23.1 Å². The molecular weight excluding hydrogens is 220 g/mol. The fraction of sp³-hybridized carbons (Fsp3) is 0.333. The maximum Gasteiger partial charge on any atom is 0.317 e. The Morgan fingerprint density at radius 2 is 2.36 bits per heavy atom. The zero-order valence-electron chi connectivity index (χ0n) is 7.60. The Morgan fingerprint density at radius 3 is 2.79 bits per heavy atom. The van der Waals surface area contributed by atoms with Crippen molar-refractivity contribution in [1.29, 1.82) is 0 Å². The van der Waals surface area contributed by atoms with E-state index < -0.39 is 11.2 Å². The van der Waals surface area contributed by atoms with Crippen molar-refractivity contribution in [3.05, 3.63) is 22.4 Å². The van der Waals surface area contributed by atoms with Crippen LogP contribution in [0.15, 0.2) is 17.5 Å². The van der Waals surface area contributed by atoms with Gasteiger partial charge in [0, 0.05) is 18.2 Å². The van der Waals surface area contributed by atoms with Crippen molar-refractivity contribution in [3.63, 3.8) is 0 Å². The van der Waals surface area contributed by atoms with Gasteiger partial charge in [-0.2, -0.15) is 0 Å². The first-order chi connectivity index (χ1) is 6.59. The summed E-state index contributed by atoms with van der Waals surface area (Å²) in [5.41, 5.74) is 0. The molecule has 0 aromatic carbocycles. The number of carboxylic acid groups (broad SMARTS) is 1. The largest absolute Gasteiger partial charge is 0.480 e. The van der Waals surface area contributed by atoms with Gasteiger partial charge in [0.2, 0.25) is 0 Å². The SMILES string of the molecule is CC(=O)S[C@@H](Cc1cccs1)C(=O)O. The fourth-order valence-corrected chi connectivity index (χ4v) is 2.61. The summed E-state index contributed by atoms with van der Waals surface area (Å²) in [5.74, 6) is -0.932. The average molecular weight is 230 g/mol. The van der Waals surface area contributed by atoms with Gasteiger partial charge in [-0.15, -0.1) is 11.3 Å². The van der Waals surface area contributed by atoms with E-state index in [1.54, 1.807) is 0 Å². The minimum absolute atomic E-state index is 0.158. The predicted octanol–water partition coefficient (Wildman–Crippen LogP) is 2.02. The number of thiophene rings is 1. The molecule has 0 aliphatic rings. The molecule has 0 saturated heterocycles. The summed E-state index contributed by atoms with van der Waals surface area (Å²) < 4.78 is 0. The molecule has 0 radical (unpaired) electrons. The van der Waals surface area contributed by atoms with Crippen LogP contribution in [0.4, 0.5) is 0 Å². The minimum Gasteiger partial charge on any atom is -0.480 e. The maximum absolute atomic E-state index is 10.8. The highest BCUT2D eigenvalue weighted by Crippen LogP contribution is 2.20. The normalized spacial score (nSPS) is 12.4. The summed E-state index contributed by atoms with van der Waals surface area (Å²) >= 11 is 2.38. The van der Waals surface area contributed by atoms with Crippen LogP contribution in [0.2, 0.25) is 0 Å². The van der Waals surface area contributed by atoms with Gasteiger partial charge in [0.15, 0.2) is 5.12 Å². The van der Waals surface area contributed by atoms with Gasteiger partial charge in [-0.05, 0) is 11.4 Å². The van der Waals surface area contributed by atoms with Crippen molar-refractivity contribution in [1.82, 2.24) is 0 Å². The van der Waals surface area contributed by atoms with Gasteiger partial charge in [-0.1, -0.05) is 17.8 Å². The highest BCUT2D eigenvalue weighted by Gasteiger charge is 2.20. The molecule has 1 heterocycles. The highest BCUT2D eigenvalue weighted by atomic mass is 32.2. The van der Waals surface area contributed by atoms with Crippen molar-refractivity contribution in [2.45, 2.75) is 18.6 Å². The van der Waals surface area contributed by atoms with Crippen molar-refractivity contribution < 1.29 is 14.7 Å². The highest BCUT2D eigenvalue weighted by molar-refractivity contribution is 8.14. The molecule has 1 aromatic rings. The molecule has 0 saturated carbocycles. The Kier molecular flexibility index (Phi) is 4.16. The molecule has 0 spiro atoms. The van der Waals surface area contributed by atoms with E-state index in [4.69, 9.17) is 5.11 Å². The molecule has 0 fully saturated rings. The number of carbonyl (C=O) groups excluding carboxylic acids is 1. The fourth-order valence-electron chi connectivity index (χ4n) is 0.991. The smallest absolute Gasteiger partial charge is 0.317 e. The molecule has 1 N–H and O–H groups in total. The van der Waals surface area contributed by atoms with E-state index in [0.717, 1.165) is 16.6 Å². The summed E-state index contributed by atoms with van der Waals surface area (Å²) in [6.07, 6.45) is 0.414. The molecule has 1 atom stereocenters. The molecule has 1 rings (SSSR count). The summed E-state index contributed by atoms with van der Waals surface area (Å²) in [7, 11) is 0. The standard InChI is InChI=1S/C9H10O3S2/c1-6(10)14-8(9(11)12)5-7-3-2-4-13-7/h2-4,8H,5H2,1H3,(H,11,12)/t8-/m0/s1. The number of rotatable bonds is 4. The zero-order valence-corrected chi connectivity index (χ0v) is 9.23. The van der Waals surface area contributed by atoms with E-state index >= 15 is 0 Å². The number of carbonyl (C=O) groups is 2. The lowest BCUT2D eigenvalue weighted by Crippen LogP contribution is -2.20. The van der Waals surface area contributed by atoms with Crippen molar-refractivity contribution in [2.75, 3.05) is 0 Å². The van der Waals surface area contributed by atoms with Crippen molar-refractivity contribution in [3.8, 4) is 0 Å². The Hall–Kier alpha value is -0.810. The molecule has 5 heteroatoms. The number of hydrogen-bond acceptors (Lipinski definition) is 4. The first-order valence-corrected chi connectivity index (χ1v) is 5.78. The summed E-state index contributed by atoms with van der Waals surface area (Å²) in [6.45, 7) is 1.38. The number of carboxylic acids is 1. The summed E-state index contributed by atoms with van der Waals surface area (Å²) in [6, 6.07) is 3.75. The van der Waals surface area contributed by atoms with Gasteiger partial charge < -0.3 is 5.11 Å². The van der Waals surface area contributed by atoms with Crippen LogP contribution in [-0.2, 0) is 16.0 Å². The van der Waals surface area contributed by atoms with E-state index in [1.165, 1.54) is 18.3 Å². The second-order valence-corrected chi connectivity index (χ2v) is 5.13. The van der Waals surface area contributed by atoms with Gasteiger partial charge >= 0.3 is 5.97 Å². The molecule has 1 aromatic heterocycles. The topological polar surface area (TPSA) is 54.4 Å². The lowest BCUT2D eigenvalue weighted by atomic mass is 10.2. The van der Waals surface area contributed by atoms with Crippen molar-refractivity contribution in [2.24, 2.45) is 0 Å². The number of hydrogen-bond donors (Lipinski definition) is 1. The second-order valence-electron chi connectivity index (χ2n) is 2.72. The van der Waals surface area contributed by atoms with E-state index in [1.807, 2.05) is 17.5 Å². The van der Waals surface area contributed by atoms with Gasteiger partial charge in [0.05, 0.1) is 0 Å². The van der Waals surface area contributed by atoms with E-state index in [-0.39, 0.29) is 5.12 Å². The lowest BCUT2D eigenvalue weighted by molar-refractivity contribution is -0.136. The molecule has 0 aliphatic carbocycles. The third-order valence-electron chi connectivity index (χ3n) is 1.55. The Balaban J connectivity index is 2.60. The quantitative estimate of drug-likeness (QED) is 0.859. The molecule has 0 aliphatic heterocycles. The molecule has 0 bridgehead atoms. The van der Waals surface area contributed by atoms with Crippen LogP contribution in [0, 0.1) is 0 Å². The van der Waals surface area contributed by atoms with Gasteiger partial charge in [-0.25, -0.2) is 0 Å². The molecule has 3 nitrogen and oxygen atoms in total. The third kappa shape index (κ3) is 3.51. The van der Waals surface area contributed by atoms with Crippen LogP contribution in [0.25, 0.3) is 0 Å². The Bertz CT molecular complexity index is 319. The second kappa shape index (κ2) is 5.17. The summed E-state index contributed by atoms with van der Waals surface area (Å²) in [5, 5.41) is 9.93. The predicted molar refractivity (Wildman–Crippen MR) is 57.7 cm³/mol. The molecule has 76 valence electrons. The maximum atomic E-state index is 10.8. The number of thioether (sulfide) groups is 1. The average Bonchev–Trinajstić information content (AvgIpc) is 2.54. The van der Waals surface area contributed by atoms with E-state index in [0.29, 0.717) is 6.42 Å². The van der Waals surface area contributed by atoms with E-state index in [2.05, 4.69) is 0 Å². The van der Waals surface area contributed by atoms with Gasteiger partial charge in [-0.3, -0.25) is 9.59 Å². The number of aliphatic carboxylic acids is 1. The van der Waals surface area contributed by atoms with Crippen LogP contribution in [0.1, 0.15) is 11.8 Å². The molecule has 0 amide bonds. The minimum atomic E-state index is -0.932. The van der Waals surface area contributed by atoms with Gasteiger partial charge in [0.1, 0.15) is 5.25 Å². The zero-order chi connectivity index (χ0) is 10.6. The van der Waals surface area contributed by atoms with Crippen molar-refractivity contribution >= 4 is 34.2 Å². The first kappa shape index (κ1) is 11.3. The van der Waals surface area contributed by atoms with Gasteiger partial charge in [0.25, 0.3) is 0 Å². The van der Waals surface area contributed by atoms with Crippen LogP contribution in [-0.4, -0.2) is 21.4 Å². The first-order valence-electron chi connectivity index (χ1n) is 4.02. The van der Waals surface area contributed by atoms with Crippen LogP contribution in [0.3, 0.4) is 0 Å². The van der Waals surface area contributed by atoms with Crippen LogP contribution in [0.5, 0.6) is 0 Å². The molecule has 14 heavy (non-hydrogen) atoms. The molecule has 0 unspecified atom stereocenters. The molecular formula is C9H10O3S2. The Labute approximate surface area is 90.1 Å². The van der Waals surface area contributed by atoms with Crippen LogP contribution < -0.4 is 0 Å². The lowest BCUT2D eigenvalue weighted by Gasteiger charge is -2.07. The van der Waals surface area contributed by atoms with E-state index in [9.17, 15) is 9.59 Å². The third-order valence-corrected chi connectivity index (χ3v) is 3.43.